The molecule has 0 saturated carbocycles. The van der Waals surface area contributed by atoms with Crippen LogP contribution in [0, 0.1) is 5.41 Å². The monoisotopic (exact) mass is 967 g/mol. The van der Waals surface area contributed by atoms with Crippen LogP contribution < -0.4 is 15.5 Å². The Balaban J connectivity index is 1.05. The Hall–Kier alpha value is -7.95. The lowest BCUT2D eigenvalue weighted by Crippen LogP contribution is -2.51. The van der Waals surface area contributed by atoms with E-state index in [1.165, 1.54) is 0 Å². The SMILES string of the molecule is CC(C)(C)C1=CC(=C2C(=O)NC(=S)NC2=O)C=C(/C=C/c2ccc(N(CCOC(c3ccccc3)(c3ccccc3)c3ccccc3)CCOC(c3ccccc3)(c3ccccc3)c3ccccc3)cc2)O1. The highest BCUT2D eigenvalue weighted by Gasteiger charge is 2.39. The van der Waals surface area contributed by atoms with Crippen molar-refractivity contribution in [1.29, 1.82) is 0 Å². The zero-order valence-corrected chi connectivity index (χ0v) is 41.5. The second-order valence-electron chi connectivity index (χ2n) is 18.6. The maximum absolute atomic E-state index is 13.0. The molecule has 7 aromatic rings. The summed E-state index contributed by atoms with van der Waals surface area (Å²) in [5, 5.41) is 5.07. The number of carbonyl (C=O) groups is 2. The number of rotatable bonds is 17. The summed E-state index contributed by atoms with van der Waals surface area (Å²) < 4.78 is 21.1. The number of nitrogens with zero attached hydrogens (tertiary/aromatic N) is 1. The minimum Gasteiger partial charge on any atom is -0.461 e. The van der Waals surface area contributed by atoms with E-state index >= 15 is 0 Å². The van der Waals surface area contributed by atoms with Crippen molar-refractivity contribution in [3.8, 4) is 0 Å². The number of amides is 2. The van der Waals surface area contributed by atoms with Crippen LogP contribution in [0.3, 0.4) is 0 Å². The van der Waals surface area contributed by atoms with Crippen LogP contribution in [-0.2, 0) is 35.0 Å². The van der Waals surface area contributed by atoms with Gasteiger partial charge >= 0.3 is 0 Å². The summed E-state index contributed by atoms with van der Waals surface area (Å²) in [7, 11) is 0. The molecule has 2 aliphatic rings. The van der Waals surface area contributed by atoms with E-state index in [0.717, 1.165) is 44.6 Å². The summed E-state index contributed by atoms with van der Waals surface area (Å²) in [4.78, 5) is 28.3. The van der Waals surface area contributed by atoms with Gasteiger partial charge in [0.05, 0.1) is 13.2 Å². The first-order chi connectivity index (χ1) is 35.0. The smallest absolute Gasteiger partial charge is 0.263 e. The summed E-state index contributed by atoms with van der Waals surface area (Å²) in [5.41, 5.74) is 6.31. The van der Waals surface area contributed by atoms with Crippen molar-refractivity contribution in [1.82, 2.24) is 10.6 Å². The molecule has 2 heterocycles. The largest absolute Gasteiger partial charge is 0.461 e. The van der Waals surface area contributed by atoms with Gasteiger partial charge in [0.15, 0.2) is 5.11 Å². The molecule has 1 saturated heterocycles. The molecule has 1 fully saturated rings. The lowest BCUT2D eigenvalue weighted by molar-refractivity contribution is -0.123. The Bertz CT molecular complexity index is 2770. The molecule has 0 bridgehead atoms. The summed E-state index contributed by atoms with van der Waals surface area (Å²) in [6, 6.07) is 71.0. The third-order valence-electron chi connectivity index (χ3n) is 12.9. The van der Waals surface area contributed by atoms with Crippen LogP contribution in [0.4, 0.5) is 5.69 Å². The van der Waals surface area contributed by atoms with Gasteiger partial charge in [0, 0.05) is 24.2 Å². The van der Waals surface area contributed by atoms with Gasteiger partial charge in [-0.05, 0) is 87.1 Å². The quantitative estimate of drug-likeness (QED) is 0.0407. The number of ether oxygens (including phenoxy) is 3. The van der Waals surface area contributed by atoms with Gasteiger partial charge in [-0.25, -0.2) is 0 Å². The predicted octanol–water partition coefficient (Wildman–Crippen LogP) is 12.2. The standard InChI is InChI=1S/C63H57N3O5S/c1-61(2,3)56-45-47(57-58(67)64-60(72)65-59(57)68)44-55(71-56)39-36-46-34-37-54(38-35-46)66(40-42-69-62(48-22-10-4-11-23-48,49-24-12-5-13-25-49)50-26-14-6-15-27-50)41-43-70-63(51-28-16-7-17-29-51,52-30-18-8-19-31-52)53-32-20-9-21-33-53/h4-39,44-45H,40-43H2,1-3H3,(H2,64,65,67,68,72)/b39-36+. The maximum Gasteiger partial charge on any atom is 0.263 e. The van der Waals surface area contributed by atoms with Crippen LogP contribution >= 0.6 is 12.2 Å². The Kier molecular flexibility index (Phi) is 15.0. The van der Waals surface area contributed by atoms with Gasteiger partial charge in [-0.1, -0.05) is 221 Å². The van der Waals surface area contributed by atoms with E-state index in [1.54, 1.807) is 12.2 Å². The van der Waals surface area contributed by atoms with Gasteiger partial charge in [-0.3, -0.25) is 20.2 Å². The van der Waals surface area contributed by atoms with Crippen LogP contribution in [0.15, 0.2) is 247 Å². The molecule has 0 atom stereocenters. The van der Waals surface area contributed by atoms with Crippen LogP contribution in [0.25, 0.3) is 6.08 Å². The maximum atomic E-state index is 13.0. The molecule has 2 N–H and O–H groups in total. The molecule has 0 aromatic heterocycles. The van der Waals surface area contributed by atoms with Crippen molar-refractivity contribution in [2.75, 3.05) is 31.2 Å². The Morgan fingerprint density at radius 1 is 0.500 bits per heavy atom. The van der Waals surface area contributed by atoms with E-state index in [4.69, 9.17) is 26.4 Å². The highest BCUT2D eigenvalue weighted by atomic mass is 32.1. The zero-order valence-electron chi connectivity index (χ0n) is 40.7. The zero-order chi connectivity index (χ0) is 50.0. The Morgan fingerprint density at radius 3 is 1.21 bits per heavy atom. The fraction of sp³-hybridized carbons (Fsp3) is 0.159. The van der Waals surface area contributed by atoms with Crippen molar-refractivity contribution < 1.29 is 23.8 Å². The molecule has 360 valence electrons. The molecule has 0 unspecified atom stereocenters. The topological polar surface area (TPSA) is 89.1 Å². The lowest BCUT2D eigenvalue weighted by atomic mass is 9.80. The number of benzene rings is 7. The molecule has 2 amide bonds. The van der Waals surface area contributed by atoms with E-state index in [0.29, 0.717) is 43.4 Å². The van der Waals surface area contributed by atoms with Crippen LogP contribution in [-0.4, -0.2) is 43.2 Å². The Morgan fingerprint density at radius 2 is 0.861 bits per heavy atom. The molecular weight excluding hydrogens is 911 g/mol. The third-order valence-corrected chi connectivity index (χ3v) is 13.1. The van der Waals surface area contributed by atoms with Gasteiger partial charge in [0.25, 0.3) is 11.8 Å². The molecule has 0 spiro atoms. The summed E-state index contributed by atoms with van der Waals surface area (Å²) >= 11 is 5.05. The van der Waals surface area contributed by atoms with Crippen LogP contribution in [0.2, 0.25) is 0 Å². The fourth-order valence-electron chi connectivity index (χ4n) is 9.35. The van der Waals surface area contributed by atoms with Gasteiger partial charge in [-0.2, -0.15) is 0 Å². The molecular formula is C63H57N3O5S. The third kappa shape index (κ3) is 10.7. The number of thiocarbonyl (C=S) groups is 1. The average molecular weight is 968 g/mol. The van der Waals surface area contributed by atoms with E-state index in [1.807, 2.05) is 69.3 Å². The number of nitrogens with one attached hydrogen (secondary N) is 2. The molecule has 9 heteroatoms. The Labute approximate surface area is 428 Å². The van der Waals surface area contributed by atoms with Gasteiger partial charge in [0.2, 0.25) is 0 Å². The lowest BCUT2D eigenvalue weighted by Gasteiger charge is -2.38. The number of allylic oxidation sites excluding steroid dienone is 5. The van der Waals surface area contributed by atoms with E-state index in [9.17, 15) is 9.59 Å². The minimum atomic E-state index is -0.894. The predicted molar refractivity (Wildman–Crippen MR) is 291 cm³/mol. The molecule has 7 aromatic carbocycles. The average Bonchev–Trinajstić information content (AvgIpc) is 3.41. The summed E-state index contributed by atoms with van der Waals surface area (Å²) in [6.45, 7) is 7.86. The normalized spacial score (nSPS) is 14.3. The summed E-state index contributed by atoms with van der Waals surface area (Å²) in [5.74, 6) is -0.0194. The molecule has 72 heavy (non-hydrogen) atoms. The number of carbonyl (C=O) groups excluding carboxylic acids is 2. The summed E-state index contributed by atoms with van der Waals surface area (Å²) in [6.07, 6.45) is 7.25. The van der Waals surface area contributed by atoms with Gasteiger partial charge < -0.3 is 19.1 Å². The highest BCUT2D eigenvalue weighted by molar-refractivity contribution is 7.80. The van der Waals surface area contributed by atoms with Crippen molar-refractivity contribution in [3.05, 3.63) is 286 Å². The van der Waals surface area contributed by atoms with Crippen molar-refractivity contribution in [2.24, 2.45) is 5.41 Å². The number of hydrogen-bond acceptors (Lipinski definition) is 7. The van der Waals surface area contributed by atoms with Crippen molar-refractivity contribution in [2.45, 2.75) is 32.0 Å². The van der Waals surface area contributed by atoms with Gasteiger partial charge in [-0.15, -0.1) is 0 Å². The number of anilines is 1. The van der Waals surface area contributed by atoms with Crippen LogP contribution in [0.1, 0.15) is 59.7 Å². The van der Waals surface area contributed by atoms with Gasteiger partial charge in [0.1, 0.15) is 28.3 Å². The first-order valence-electron chi connectivity index (χ1n) is 24.2. The van der Waals surface area contributed by atoms with E-state index in [2.05, 4.69) is 185 Å². The fourth-order valence-corrected chi connectivity index (χ4v) is 9.53. The molecule has 0 radical (unpaired) electrons. The molecule has 0 aliphatic carbocycles. The van der Waals surface area contributed by atoms with Crippen LogP contribution in [0.5, 0.6) is 0 Å². The van der Waals surface area contributed by atoms with Crippen molar-refractivity contribution >= 4 is 40.9 Å². The second kappa shape index (κ2) is 22.0. The highest BCUT2D eigenvalue weighted by Crippen LogP contribution is 2.42. The number of hydrogen-bond donors (Lipinski definition) is 2. The molecule has 8 nitrogen and oxygen atoms in total. The first kappa shape index (κ1) is 49.0. The first-order valence-corrected chi connectivity index (χ1v) is 24.6. The molecule has 9 rings (SSSR count). The second-order valence-corrected chi connectivity index (χ2v) is 19.1. The molecule has 2 aliphatic heterocycles. The minimum absolute atomic E-state index is 0.0214. The van der Waals surface area contributed by atoms with E-state index < -0.39 is 28.4 Å². The van der Waals surface area contributed by atoms with Crippen molar-refractivity contribution in [3.63, 3.8) is 0 Å². The van der Waals surface area contributed by atoms with E-state index in [-0.39, 0.29) is 10.7 Å².